The normalized spacial score (nSPS) is 14.5. The van der Waals surface area contributed by atoms with Crippen LogP contribution in [0, 0.1) is 5.92 Å². The van der Waals surface area contributed by atoms with E-state index in [-0.39, 0.29) is 24.5 Å². The molecule has 0 aliphatic carbocycles. The highest BCUT2D eigenvalue weighted by atomic mass is 16.3. The lowest BCUT2D eigenvalue weighted by atomic mass is 9.94. The average molecular weight is 231 g/mol. The zero-order chi connectivity index (χ0) is 12.4. The molecule has 0 aliphatic heterocycles. The summed E-state index contributed by atoms with van der Waals surface area (Å²) >= 11 is 0. The van der Waals surface area contributed by atoms with Crippen molar-refractivity contribution in [2.45, 2.75) is 52.1 Å². The number of aliphatic hydroxyl groups is 2. The Labute approximate surface area is 98.1 Å². The molecule has 0 aromatic carbocycles. The van der Waals surface area contributed by atoms with E-state index in [1.807, 2.05) is 0 Å². The van der Waals surface area contributed by atoms with Crippen molar-refractivity contribution < 1.29 is 15.0 Å². The van der Waals surface area contributed by atoms with E-state index < -0.39 is 0 Å². The van der Waals surface area contributed by atoms with Crippen LogP contribution in [0.1, 0.15) is 46.0 Å². The van der Waals surface area contributed by atoms with E-state index in [1.165, 1.54) is 0 Å². The first-order valence-corrected chi connectivity index (χ1v) is 6.18. The summed E-state index contributed by atoms with van der Waals surface area (Å²) in [6.07, 6.45) is 3.97. The second-order valence-electron chi connectivity index (χ2n) is 4.28. The monoisotopic (exact) mass is 231 g/mol. The molecule has 0 radical (unpaired) electrons. The Morgan fingerprint density at radius 3 is 2.50 bits per heavy atom. The van der Waals surface area contributed by atoms with E-state index >= 15 is 0 Å². The molecule has 4 nitrogen and oxygen atoms in total. The molecule has 0 aromatic rings. The van der Waals surface area contributed by atoms with Crippen LogP contribution < -0.4 is 5.32 Å². The molecule has 0 heterocycles. The first-order chi connectivity index (χ1) is 7.61. The number of hydrogen-bond acceptors (Lipinski definition) is 3. The Balaban J connectivity index is 4.01. The molecular weight excluding hydrogens is 206 g/mol. The molecule has 96 valence electrons. The molecule has 0 saturated carbocycles. The highest BCUT2D eigenvalue weighted by molar-refractivity contribution is 5.78. The Hall–Kier alpha value is -0.610. The Morgan fingerprint density at radius 1 is 1.31 bits per heavy atom. The summed E-state index contributed by atoms with van der Waals surface area (Å²) in [5, 5.41) is 20.5. The third-order valence-corrected chi connectivity index (χ3v) is 2.62. The van der Waals surface area contributed by atoms with Crippen molar-refractivity contribution in [1.29, 1.82) is 0 Å². The Kier molecular flexibility index (Phi) is 9.24. The molecule has 3 N–H and O–H groups in total. The van der Waals surface area contributed by atoms with Crippen molar-refractivity contribution in [3.63, 3.8) is 0 Å². The van der Waals surface area contributed by atoms with Crippen molar-refractivity contribution >= 4 is 5.91 Å². The minimum Gasteiger partial charge on any atom is -0.395 e. The SMILES string of the molecule is CCCC[C@H](CC[C@@H](C)O)C(=O)NCCO. The second-order valence-corrected chi connectivity index (χ2v) is 4.28. The highest BCUT2D eigenvalue weighted by Gasteiger charge is 2.17. The van der Waals surface area contributed by atoms with Crippen LogP contribution in [0.3, 0.4) is 0 Å². The van der Waals surface area contributed by atoms with Crippen molar-refractivity contribution in [3.8, 4) is 0 Å². The number of carbonyl (C=O) groups is 1. The first-order valence-electron chi connectivity index (χ1n) is 6.18. The van der Waals surface area contributed by atoms with Gasteiger partial charge in [-0.05, 0) is 26.2 Å². The van der Waals surface area contributed by atoms with Crippen LogP contribution in [0.2, 0.25) is 0 Å². The lowest BCUT2D eigenvalue weighted by Gasteiger charge is -2.16. The number of unbranched alkanes of at least 4 members (excludes halogenated alkanes) is 1. The summed E-state index contributed by atoms with van der Waals surface area (Å²) in [6, 6.07) is 0. The van der Waals surface area contributed by atoms with E-state index in [2.05, 4.69) is 12.2 Å². The lowest BCUT2D eigenvalue weighted by Crippen LogP contribution is -2.33. The largest absolute Gasteiger partial charge is 0.395 e. The van der Waals surface area contributed by atoms with E-state index in [0.717, 1.165) is 25.7 Å². The summed E-state index contributed by atoms with van der Waals surface area (Å²) in [5.41, 5.74) is 0. The lowest BCUT2D eigenvalue weighted by molar-refractivity contribution is -0.125. The maximum atomic E-state index is 11.7. The molecule has 0 aromatic heterocycles. The molecule has 0 fully saturated rings. The van der Waals surface area contributed by atoms with Gasteiger partial charge in [0.1, 0.15) is 0 Å². The van der Waals surface area contributed by atoms with E-state index in [0.29, 0.717) is 13.0 Å². The third kappa shape index (κ3) is 7.65. The smallest absolute Gasteiger partial charge is 0.223 e. The van der Waals surface area contributed by atoms with Gasteiger partial charge in [0, 0.05) is 12.5 Å². The van der Waals surface area contributed by atoms with Crippen molar-refractivity contribution in [1.82, 2.24) is 5.32 Å². The Morgan fingerprint density at radius 2 is 2.00 bits per heavy atom. The van der Waals surface area contributed by atoms with Gasteiger partial charge in [-0.1, -0.05) is 19.8 Å². The predicted molar refractivity (Wildman–Crippen MR) is 64.0 cm³/mol. The number of carbonyl (C=O) groups excluding carboxylic acids is 1. The van der Waals surface area contributed by atoms with Gasteiger partial charge in [-0.15, -0.1) is 0 Å². The van der Waals surface area contributed by atoms with Gasteiger partial charge in [0.2, 0.25) is 5.91 Å². The molecule has 0 spiro atoms. The molecule has 1 amide bonds. The molecule has 2 atom stereocenters. The molecular formula is C12H25NO3. The van der Waals surface area contributed by atoms with Crippen molar-refractivity contribution in [2.24, 2.45) is 5.92 Å². The molecule has 0 bridgehead atoms. The van der Waals surface area contributed by atoms with Gasteiger partial charge < -0.3 is 15.5 Å². The van der Waals surface area contributed by atoms with Crippen LogP contribution in [0.5, 0.6) is 0 Å². The molecule has 16 heavy (non-hydrogen) atoms. The molecule has 0 saturated heterocycles. The maximum Gasteiger partial charge on any atom is 0.223 e. The van der Waals surface area contributed by atoms with Gasteiger partial charge in [-0.2, -0.15) is 0 Å². The van der Waals surface area contributed by atoms with Gasteiger partial charge in [0.15, 0.2) is 0 Å². The fraction of sp³-hybridized carbons (Fsp3) is 0.917. The molecule has 0 unspecified atom stereocenters. The van der Waals surface area contributed by atoms with Gasteiger partial charge in [0.25, 0.3) is 0 Å². The predicted octanol–water partition coefficient (Wildman–Crippen LogP) is 1.06. The molecule has 0 rings (SSSR count). The zero-order valence-corrected chi connectivity index (χ0v) is 10.4. The summed E-state index contributed by atoms with van der Waals surface area (Å²) < 4.78 is 0. The van der Waals surface area contributed by atoms with Crippen molar-refractivity contribution in [2.75, 3.05) is 13.2 Å². The van der Waals surface area contributed by atoms with E-state index in [4.69, 9.17) is 5.11 Å². The van der Waals surface area contributed by atoms with Crippen LogP contribution in [0.15, 0.2) is 0 Å². The van der Waals surface area contributed by atoms with Crippen molar-refractivity contribution in [3.05, 3.63) is 0 Å². The van der Waals surface area contributed by atoms with Crippen LogP contribution >= 0.6 is 0 Å². The number of nitrogens with one attached hydrogen (secondary N) is 1. The maximum absolute atomic E-state index is 11.7. The van der Waals surface area contributed by atoms with Crippen LogP contribution in [-0.4, -0.2) is 35.4 Å². The number of aliphatic hydroxyl groups excluding tert-OH is 2. The summed E-state index contributed by atoms with van der Waals surface area (Å²) in [7, 11) is 0. The topological polar surface area (TPSA) is 69.6 Å². The second kappa shape index (κ2) is 9.60. The number of amides is 1. The standard InChI is InChI=1S/C12H25NO3/c1-3-4-5-11(7-6-10(2)15)12(16)13-8-9-14/h10-11,14-15H,3-9H2,1-2H3,(H,13,16)/t10-,11-/m1/s1. The van der Waals surface area contributed by atoms with E-state index in [9.17, 15) is 9.90 Å². The molecule has 4 heteroatoms. The van der Waals surface area contributed by atoms with E-state index in [1.54, 1.807) is 6.92 Å². The molecule has 0 aliphatic rings. The fourth-order valence-corrected chi connectivity index (χ4v) is 1.62. The quantitative estimate of drug-likeness (QED) is 0.556. The highest BCUT2D eigenvalue weighted by Crippen LogP contribution is 2.16. The average Bonchev–Trinajstić information content (AvgIpc) is 2.25. The third-order valence-electron chi connectivity index (χ3n) is 2.62. The van der Waals surface area contributed by atoms with Gasteiger partial charge in [-0.3, -0.25) is 4.79 Å². The fourth-order valence-electron chi connectivity index (χ4n) is 1.62. The minimum atomic E-state index is -0.352. The van der Waals surface area contributed by atoms with Crippen LogP contribution in [0.25, 0.3) is 0 Å². The van der Waals surface area contributed by atoms with Crippen LogP contribution in [-0.2, 0) is 4.79 Å². The van der Waals surface area contributed by atoms with Gasteiger partial charge in [-0.25, -0.2) is 0 Å². The summed E-state index contributed by atoms with van der Waals surface area (Å²) in [5.74, 6) is -0.0238. The Bertz CT molecular complexity index is 183. The summed E-state index contributed by atoms with van der Waals surface area (Å²) in [4.78, 5) is 11.7. The van der Waals surface area contributed by atoms with Crippen LogP contribution in [0.4, 0.5) is 0 Å². The van der Waals surface area contributed by atoms with Gasteiger partial charge in [0.05, 0.1) is 12.7 Å². The summed E-state index contributed by atoms with van der Waals surface area (Å²) in [6.45, 7) is 4.12. The van der Waals surface area contributed by atoms with Gasteiger partial charge >= 0.3 is 0 Å². The number of rotatable bonds is 9. The first kappa shape index (κ1) is 15.4. The zero-order valence-electron chi connectivity index (χ0n) is 10.4. The minimum absolute atomic E-state index is 0.00292. The number of hydrogen-bond donors (Lipinski definition) is 3.